The lowest BCUT2D eigenvalue weighted by Crippen LogP contribution is -1.96. The SMILES string of the molecule is O=[N+]([O-])c1ccc(Cl)cc1Oc1nc(Cl)nc2[nH]ncc12. The van der Waals surface area contributed by atoms with Crippen molar-refractivity contribution in [3.63, 3.8) is 0 Å². The Bertz CT molecular complexity index is 851. The highest BCUT2D eigenvalue weighted by atomic mass is 35.5. The van der Waals surface area contributed by atoms with Crippen molar-refractivity contribution in [2.24, 2.45) is 0 Å². The summed E-state index contributed by atoms with van der Waals surface area (Å²) in [6, 6.07) is 3.96. The summed E-state index contributed by atoms with van der Waals surface area (Å²) in [6.07, 6.45) is 1.43. The molecule has 3 aromatic rings. The number of fused-ring (bicyclic) bond motifs is 1. The number of hydrogen-bond donors (Lipinski definition) is 1. The van der Waals surface area contributed by atoms with Crippen LogP contribution in [0.5, 0.6) is 11.6 Å². The molecule has 3 rings (SSSR count). The van der Waals surface area contributed by atoms with Gasteiger partial charge in [-0.1, -0.05) is 11.6 Å². The van der Waals surface area contributed by atoms with Crippen LogP contribution in [0.25, 0.3) is 11.0 Å². The molecule has 0 unspecified atom stereocenters. The number of nitro benzene ring substituents is 1. The normalized spacial score (nSPS) is 10.8. The van der Waals surface area contributed by atoms with Crippen LogP contribution in [0.3, 0.4) is 0 Å². The zero-order valence-electron chi connectivity index (χ0n) is 10.1. The maximum atomic E-state index is 11.0. The van der Waals surface area contributed by atoms with E-state index >= 15 is 0 Å². The van der Waals surface area contributed by atoms with Crippen LogP contribution in [0.15, 0.2) is 24.4 Å². The van der Waals surface area contributed by atoms with Crippen LogP contribution in [0, 0.1) is 10.1 Å². The molecule has 0 spiro atoms. The molecule has 0 aliphatic heterocycles. The van der Waals surface area contributed by atoms with Crippen LogP contribution in [-0.4, -0.2) is 25.1 Å². The molecular weight excluding hydrogens is 321 g/mol. The minimum absolute atomic E-state index is 0.0455. The number of benzene rings is 1. The van der Waals surface area contributed by atoms with Crippen molar-refractivity contribution in [3.8, 4) is 11.6 Å². The summed E-state index contributed by atoms with van der Waals surface area (Å²) in [4.78, 5) is 18.2. The molecule has 0 atom stereocenters. The Morgan fingerprint density at radius 1 is 1.29 bits per heavy atom. The molecule has 0 bridgehead atoms. The number of ether oxygens (including phenoxy) is 1. The van der Waals surface area contributed by atoms with Gasteiger partial charge in [0, 0.05) is 17.2 Å². The molecular formula is C11H5Cl2N5O3. The lowest BCUT2D eigenvalue weighted by atomic mass is 10.3. The van der Waals surface area contributed by atoms with Gasteiger partial charge < -0.3 is 4.74 Å². The van der Waals surface area contributed by atoms with E-state index in [1.165, 1.54) is 24.4 Å². The average Bonchev–Trinajstić information content (AvgIpc) is 2.86. The van der Waals surface area contributed by atoms with E-state index in [4.69, 9.17) is 27.9 Å². The Balaban J connectivity index is 2.12. The summed E-state index contributed by atoms with van der Waals surface area (Å²) in [6.45, 7) is 0. The van der Waals surface area contributed by atoms with Gasteiger partial charge in [-0.15, -0.1) is 0 Å². The molecule has 0 saturated carbocycles. The third-order valence-electron chi connectivity index (χ3n) is 2.57. The molecule has 2 aromatic heterocycles. The third-order valence-corrected chi connectivity index (χ3v) is 2.98. The van der Waals surface area contributed by atoms with Crippen LogP contribution >= 0.6 is 23.2 Å². The summed E-state index contributed by atoms with van der Waals surface area (Å²) < 4.78 is 5.48. The van der Waals surface area contributed by atoms with Crippen LogP contribution in [0.1, 0.15) is 0 Å². The van der Waals surface area contributed by atoms with Crippen molar-refractivity contribution >= 4 is 39.9 Å². The fourth-order valence-corrected chi connectivity index (χ4v) is 2.01. The predicted octanol–water partition coefficient (Wildman–Crippen LogP) is 3.36. The first-order valence-electron chi connectivity index (χ1n) is 5.53. The number of nitrogens with one attached hydrogen (secondary N) is 1. The molecule has 0 fully saturated rings. The smallest absolute Gasteiger partial charge is 0.311 e. The van der Waals surface area contributed by atoms with Crippen LogP contribution in [0.4, 0.5) is 5.69 Å². The summed E-state index contributed by atoms with van der Waals surface area (Å²) >= 11 is 11.6. The molecule has 10 heteroatoms. The summed E-state index contributed by atoms with van der Waals surface area (Å²) in [5, 5.41) is 18.1. The number of aromatic nitrogens is 4. The van der Waals surface area contributed by atoms with E-state index in [0.717, 1.165) is 0 Å². The van der Waals surface area contributed by atoms with E-state index in [-0.39, 0.29) is 22.6 Å². The van der Waals surface area contributed by atoms with Crippen LogP contribution in [-0.2, 0) is 0 Å². The topological polar surface area (TPSA) is 107 Å². The first-order valence-corrected chi connectivity index (χ1v) is 6.28. The Hall–Kier alpha value is -2.45. The molecule has 8 nitrogen and oxygen atoms in total. The second-order valence-corrected chi connectivity index (χ2v) is 4.68. The number of nitrogens with zero attached hydrogens (tertiary/aromatic N) is 4. The van der Waals surface area contributed by atoms with Gasteiger partial charge in [0.25, 0.3) is 0 Å². The van der Waals surface area contributed by atoms with Gasteiger partial charge >= 0.3 is 5.69 Å². The zero-order valence-corrected chi connectivity index (χ0v) is 11.6. The zero-order chi connectivity index (χ0) is 15.0. The van der Waals surface area contributed by atoms with E-state index in [0.29, 0.717) is 16.1 Å². The molecule has 2 heterocycles. The van der Waals surface area contributed by atoms with Crippen molar-refractivity contribution in [2.75, 3.05) is 0 Å². The number of aromatic amines is 1. The Morgan fingerprint density at radius 3 is 2.86 bits per heavy atom. The number of rotatable bonds is 3. The standard InChI is InChI=1S/C11H5Cl2N5O3/c12-5-1-2-7(18(19)20)8(3-5)21-10-6-4-14-17-9(6)15-11(13)16-10/h1-4H,(H,14,15,16,17). The second kappa shape index (κ2) is 5.15. The molecule has 21 heavy (non-hydrogen) atoms. The fraction of sp³-hybridized carbons (Fsp3) is 0. The highest BCUT2D eigenvalue weighted by molar-refractivity contribution is 6.30. The predicted molar refractivity (Wildman–Crippen MR) is 74.9 cm³/mol. The van der Waals surface area contributed by atoms with Gasteiger partial charge in [-0.3, -0.25) is 15.2 Å². The van der Waals surface area contributed by atoms with E-state index in [2.05, 4.69) is 20.2 Å². The van der Waals surface area contributed by atoms with Gasteiger partial charge in [0.1, 0.15) is 5.39 Å². The van der Waals surface area contributed by atoms with Gasteiger partial charge in [0.2, 0.25) is 16.9 Å². The molecule has 0 saturated heterocycles. The quantitative estimate of drug-likeness (QED) is 0.449. The Labute approximate surface area is 126 Å². The number of halogens is 2. The van der Waals surface area contributed by atoms with Gasteiger partial charge in [0.15, 0.2) is 5.65 Å². The van der Waals surface area contributed by atoms with E-state index in [1.807, 2.05) is 0 Å². The Morgan fingerprint density at radius 2 is 2.10 bits per heavy atom. The van der Waals surface area contributed by atoms with Crippen molar-refractivity contribution in [1.29, 1.82) is 0 Å². The maximum absolute atomic E-state index is 11.0. The second-order valence-electron chi connectivity index (χ2n) is 3.90. The minimum Gasteiger partial charge on any atom is -0.431 e. The monoisotopic (exact) mass is 325 g/mol. The van der Waals surface area contributed by atoms with Gasteiger partial charge in [-0.2, -0.15) is 15.1 Å². The lowest BCUT2D eigenvalue weighted by molar-refractivity contribution is -0.385. The number of nitro groups is 1. The molecule has 0 aliphatic rings. The molecule has 0 amide bonds. The summed E-state index contributed by atoms with van der Waals surface area (Å²) in [7, 11) is 0. The van der Waals surface area contributed by atoms with Crippen molar-refractivity contribution in [1.82, 2.24) is 20.2 Å². The first kappa shape index (κ1) is 13.5. The lowest BCUT2D eigenvalue weighted by Gasteiger charge is -2.06. The van der Waals surface area contributed by atoms with Gasteiger partial charge in [0.05, 0.1) is 11.1 Å². The minimum atomic E-state index is -0.582. The largest absolute Gasteiger partial charge is 0.431 e. The van der Waals surface area contributed by atoms with E-state index < -0.39 is 4.92 Å². The first-order chi connectivity index (χ1) is 10.0. The molecule has 0 aliphatic carbocycles. The van der Waals surface area contributed by atoms with E-state index in [9.17, 15) is 10.1 Å². The van der Waals surface area contributed by atoms with Crippen LogP contribution < -0.4 is 4.74 Å². The molecule has 106 valence electrons. The summed E-state index contributed by atoms with van der Waals surface area (Å²) in [5.41, 5.74) is 0.112. The number of hydrogen-bond acceptors (Lipinski definition) is 6. The van der Waals surface area contributed by atoms with Crippen LogP contribution in [0.2, 0.25) is 10.3 Å². The summed E-state index contributed by atoms with van der Waals surface area (Å²) in [5.74, 6) is -0.00566. The maximum Gasteiger partial charge on any atom is 0.311 e. The highest BCUT2D eigenvalue weighted by Crippen LogP contribution is 2.35. The van der Waals surface area contributed by atoms with Crippen molar-refractivity contribution in [3.05, 3.63) is 44.8 Å². The molecule has 0 radical (unpaired) electrons. The van der Waals surface area contributed by atoms with Crippen molar-refractivity contribution < 1.29 is 9.66 Å². The Kier molecular flexibility index (Phi) is 3.32. The van der Waals surface area contributed by atoms with Gasteiger partial charge in [-0.05, 0) is 17.7 Å². The highest BCUT2D eigenvalue weighted by Gasteiger charge is 2.19. The fourth-order valence-electron chi connectivity index (χ4n) is 1.68. The van der Waals surface area contributed by atoms with Gasteiger partial charge in [-0.25, -0.2) is 0 Å². The third kappa shape index (κ3) is 2.58. The van der Waals surface area contributed by atoms with Crippen molar-refractivity contribution in [2.45, 2.75) is 0 Å². The molecule has 1 aromatic carbocycles. The molecule has 1 N–H and O–H groups in total. The van der Waals surface area contributed by atoms with E-state index in [1.54, 1.807) is 0 Å². The average molecular weight is 326 g/mol. The number of H-pyrrole nitrogens is 1.